The van der Waals surface area contributed by atoms with E-state index in [9.17, 15) is 9.18 Å². The Labute approximate surface area is 167 Å². The predicted molar refractivity (Wildman–Crippen MR) is 106 cm³/mol. The second-order valence-corrected chi connectivity index (χ2v) is 6.64. The molecule has 6 nitrogen and oxygen atoms in total. The van der Waals surface area contributed by atoms with Gasteiger partial charge in [0, 0.05) is 36.6 Å². The highest BCUT2D eigenvalue weighted by Gasteiger charge is 2.38. The average molecular weight is 393 g/mol. The molecule has 29 heavy (non-hydrogen) atoms. The van der Waals surface area contributed by atoms with Crippen LogP contribution in [0.4, 0.5) is 10.1 Å². The molecule has 1 amide bonds. The molecule has 1 atom stereocenters. The van der Waals surface area contributed by atoms with Crippen molar-refractivity contribution >= 4 is 11.6 Å². The molecule has 1 N–H and O–H groups in total. The number of benzene rings is 2. The summed E-state index contributed by atoms with van der Waals surface area (Å²) < 4.78 is 23.9. The summed E-state index contributed by atoms with van der Waals surface area (Å²) in [5.74, 6) is 0.805. The number of hydrogen-bond acceptors (Lipinski definition) is 5. The Kier molecular flexibility index (Phi) is 5.03. The third kappa shape index (κ3) is 3.71. The van der Waals surface area contributed by atoms with Crippen LogP contribution in [-0.4, -0.2) is 30.0 Å². The van der Waals surface area contributed by atoms with Gasteiger partial charge in [-0.15, -0.1) is 0 Å². The van der Waals surface area contributed by atoms with Gasteiger partial charge in [0.15, 0.2) is 0 Å². The van der Waals surface area contributed by atoms with Gasteiger partial charge in [-0.25, -0.2) is 4.39 Å². The smallest absolute Gasteiger partial charge is 0.258 e. The van der Waals surface area contributed by atoms with Crippen LogP contribution in [0.5, 0.6) is 11.5 Å². The highest BCUT2D eigenvalue weighted by Crippen LogP contribution is 2.36. The zero-order valence-corrected chi connectivity index (χ0v) is 16.1. The van der Waals surface area contributed by atoms with Crippen molar-refractivity contribution in [3.63, 3.8) is 0 Å². The quantitative estimate of drug-likeness (QED) is 0.686. The van der Waals surface area contributed by atoms with Crippen LogP contribution in [0.15, 0.2) is 60.8 Å². The highest BCUT2D eigenvalue weighted by molar-refractivity contribution is 5.98. The molecule has 4 rings (SSSR count). The topological polar surface area (TPSA) is 63.7 Å². The molecule has 0 saturated heterocycles. The number of nitrogens with zero attached hydrogens (tertiary/aromatic N) is 2. The van der Waals surface area contributed by atoms with Crippen LogP contribution in [0.25, 0.3) is 0 Å². The number of amides is 1. The molecule has 1 aliphatic rings. The van der Waals surface area contributed by atoms with Crippen molar-refractivity contribution in [1.29, 1.82) is 0 Å². The molecule has 0 aliphatic carbocycles. The molecule has 7 heteroatoms. The first kappa shape index (κ1) is 18.7. The number of methoxy groups -OCH3 is 2. The van der Waals surface area contributed by atoms with Gasteiger partial charge in [-0.05, 0) is 29.8 Å². The summed E-state index contributed by atoms with van der Waals surface area (Å²) in [7, 11) is 3.16. The van der Waals surface area contributed by atoms with E-state index in [-0.39, 0.29) is 11.7 Å². The molecule has 148 valence electrons. The number of ether oxygens (including phenoxy) is 2. The minimum atomic E-state index is -0.486. The van der Waals surface area contributed by atoms with Crippen molar-refractivity contribution in [3.8, 4) is 11.5 Å². The van der Waals surface area contributed by atoms with Crippen molar-refractivity contribution < 1.29 is 18.7 Å². The molecule has 2 aromatic carbocycles. The van der Waals surface area contributed by atoms with E-state index in [4.69, 9.17) is 9.47 Å². The first-order valence-electron chi connectivity index (χ1n) is 9.09. The van der Waals surface area contributed by atoms with E-state index in [0.29, 0.717) is 29.3 Å². The van der Waals surface area contributed by atoms with E-state index in [2.05, 4.69) is 10.3 Å². The Morgan fingerprint density at radius 3 is 2.41 bits per heavy atom. The Morgan fingerprint density at radius 1 is 1.07 bits per heavy atom. The summed E-state index contributed by atoms with van der Waals surface area (Å²) in [4.78, 5) is 19.1. The number of hydrogen-bond donors (Lipinski definition) is 1. The summed E-state index contributed by atoms with van der Waals surface area (Å²) in [5.41, 5.74) is 2.73. The molecule has 0 fully saturated rings. The molecule has 0 unspecified atom stereocenters. The van der Waals surface area contributed by atoms with E-state index in [0.717, 1.165) is 11.3 Å². The summed E-state index contributed by atoms with van der Waals surface area (Å²) in [6.45, 7) is 0.314. The van der Waals surface area contributed by atoms with Crippen molar-refractivity contribution in [3.05, 3.63) is 83.4 Å². The molecular formula is C22H20FN3O3. The predicted octanol–water partition coefficient (Wildman–Crippen LogP) is 4.00. The van der Waals surface area contributed by atoms with Gasteiger partial charge < -0.3 is 19.7 Å². The molecule has 0 spiro atoms. The van der Waals surface area contributed by atoms with E-state index in [1.807, 2.05) is 12.1 Å². The monoisotopic (exact) mass is 393 g/mol. The largest absolute Gasteiger partial charge is 0.497 e. The number of anilines is 1. The number of rotatable bonds is 6. The van der Waals surface area contributed by atoms with Crippen LogP contribution in [0.1, 0.15) is 27.8 Å². The van der Waals surface area contributed by atoms with E-state index < -0.39 is 6.17 Å². The molecular weight excluding hydrogens is 373 g/mol. The molecule has 3 aromatic rings. The first-order chi connectivity index (χ1) is 14.1. The first-order valence-corrected chi connectivity index (χ1v) is 9.09. The minimum Gasteiger partial charge on any atom is -0.497 e. The van der Waals surface area contributed by atoms with Gasteiger partial charge in [0.05, 0.1) is 25.5 Å². The Morgan fingerprint density at radius 2 is 1.76 bits per heavy atom. The van der Waals surface area contributed by atoms with Crippen LogP contribution in [0.3, 0.4) is 0 Å². The van der Waals surface area contributed by atoms with Crippen molar-refractivity contribution in [2.24, 2.45) is 0 Å². The number of carbonyl (C=O) groups excluding carboxylic acids is 1. The average Bonchev–Trinajstić information content (AvgIpc) is 3.01. The lowest BCUT2D eigenvalue weighted by molar-refractivity contribution is 0.0728. The Bertz CT molecular complexity index is 1020. The molecule has 0 radical (unpaired) electrons. The van der Waals surface area contributed by atoms with Gasteiger partial charge in [0.1, 0.15) is 23.5 Å². The SMILES string of the molecule is COc1cc(N[C@H]2c3ncccc3C(=O)N2Cc2ccc(F)cc2)cc(OC)c1. The standard InChI is InChI=1S/C22H20FN3O3/c1-28-17-10-16(11-18(12-17)29-2)25-21-20-19(4-3-9-24-20)22(27)26(21)13-14-5-7-15(23)8-6-14/h3-12,21,25H,13H2,1-2H3/t21-/m1/s1. The number of halogens is 1. The summed E-state index contributed by atoms with van der Waals surface area (Å²) in [5, 5.41) is 3.37. The molecule has 1 aromatic heterocycles. The number of pyridine rings is 1. The van der Waals surface area contributed by atoms with Crippen LogP contribution in [0, 0.1) is 5.82 Å². The van der Waals surface area contributed by atoms with Gasteiger partial charge in [-0.3, -0.25) is 9.78 Å². The maximum atomic E-state index is 13.3. The lowest BCUT2D eigenvalue weighted by Gasteiger charge is -2.27. The summed E-state index contributed by atoms with van der Waals surface area (Å²) in [6, 6.07) is 15.0. The summed E-state index contributed by atoms with van der Waals surface area (Å²) in [6.07, 6.45) is 1.18. The maximum absolute atomic E-state index is 13.3. The van der Waals surface area contributed by atoms with Gasteiger partial charge in [-0.1, -0.05) is 12.1 Å². The van der Waals surface area contributed by atoms with Gasteiger partial charge in [-0.2, -0.15) is 0 Å². The van der Waals surface area contributed by atoms with Gasteiger partial charge in [0.25, 0.3) is 5.91 Å². The Hall–Kier alpha value is -3.61. The maximum Gasteiger partial charge on any atom is 0.258 e. The number of fused-ring (bicyclic) bond motifs is 1. The second kappa shape index (κ2) is 7.79. The summed E-state index contributed by atoms with van der Waals surface area (Å²) >= 11 is 0. The number of aromatic nitrogens is 1. The molecule has 0 saturated carbocycles. The third-order valence-electron chi connectivity index (χ3n) is 4.82. The highest BCUT2D eigenvalue weighted by atomic mass is 19.1. The number of carbonyl (C=O) groups is 1. The van der Waals surface area contributed by atoms with Crippen LogP contribution >= 0.6 is 0 Å². The Balaban J connectivity index is 1.69. The lowest BCUT2D eigenvalue weighted by atomic mass is 10.2. The van der Waals surface area contributed by atoms with E-state index in [1.165, 1.54) is 12.1 Å². The van der Waals surface area contributed by atoms with Crippen molar-refractivity contribution in [2.45, 2.75) is 12.7 Å². The minimum absolute atomic E-state index is 0.134. The fraction of sp³-hybridized carbons (Fsp3) is 0.182. The van der Waals surface area contributed by atoms with Crippen molar-refractivity contribution in [2.75, 3.05) is 19.5 Å². The van der Waals surface area contributed by atoms with Crippen LogP contribution in [-0.2, 0) is 6.54 Å². The lowest BCUT2D eigenvalue weighted by Crippen LogP contribution is -2.32. The van der Waals surface area contributed by atoms with Gasteiger partial charge >= 0.3 is 0 Å². The molecule has 1 aliphatic heterocycles. The fourth-order valence-corrected chi connectivity index (χ4v) is 3.38. The van der Waals surface area contributed by atoms with Crippen molar-refractivity contribution in [1.82, 2.24) is 9.88 Å². The normalized spacial score (nSPS) is 15.2. The van der Waals surface area contributed by atoms with E-state index >= 15 is 0 Å². The zero-order valence-electron chi connectivity index (χ0n) is 16.1. The fourth-order valence-electron chi connectivity index (χ4n) is 3.38. The van der Waals surface area contributed by atoms with E-state index in [1.54, 1.807) is 55.6 Å². The zero-order chi connectivity index (χ0) is 20.4. The molecule has 2 heterocycles. The van der Waals surface area contributed by atoms with Gasteiger partial charge in [0.2, 0.25) is 0 Å². The van der Waals surface area contributed by atoms with Crippen LogP contribution in [0.2, 0.25) is 0 Å². The third-order valence-corrected chi connectivity index (χ3v) is 4.82. The molecule has 0 bridgehead atoms. The van der Waals surface area contributed by atoms with Crippen LogP contribution < -0.4 is 14.8 Å². The second-order valence-electron chi connectivity index (χ2n) is 6.64. The number of nitrogens with one attached hydrogen (secondary N) is 1.